The van der Waals surface area contributed by atoms with Crippen LogP contribution in [0.25, 0.3) is 6.08 Å². The lowest BCUT2D eigenvalue weighted by molar-refractivity contribution is -0.142. The molecule has 29 heavy (non-hydrogen) atoms. The van der Waals surface area contributed by atoms with Crippen molar-refractivity contribution in [2.45, 2.75) is 13.8 Å². The largest absolute Gasteiger partial charge is 0.493 e. The number of methoxy groups -OCH3 is 1. The van der Waals surface area contributed by atoms with Gasteiger partial charge in [-0.25, -0.2) is 9.78 Å². The molecule has 0 saturated heterocycles. The van der Waals surface area contributed by atoms with E-state index in [1.165, 1.54) is 19.4 Å². The number of ether oxygens (including phenoxy) is 3. The number of amides is 1. The van der Waals surface area contributed by atoms with Crippen molar-refractivity contribution in [1.82, 2.24) is 4.98 Å². The number of carbonyl (C=O) groups is 2. The molecule has 0 atom stereocenters. The van der Waals surface area contributed by atoms with E-state index in [-0.39, 0.29) is 10.8 Å². The molecule has 1 amide bonds. The SMILES string of the molecule is CCOc1ccc(/C=C/C(=O)OCC(=O)Nc2ncc(Cl)c(C)c2Cl)cc1OC. The highest BCUT2D eigenvalue weighted by atomic mass is 35.5. The maximum atomic E-state index is 11.9. The number of hydrogen-bond acceptors (Lipinski definition) is 6. The van der Waals surface area contributed by atoms with Crippen LogP contribution in [0.5, 0.6) is 11.5 Å². The summed E-state index contributed by atoms with van der Waals surface area (Å²) in [5, 5.41) is 3.08. The first-order chi connectivity index (χ1) is 13.8. The van der Waals surface area contributed by atoms with Crippen LogP contribution < -0.4 is 14.8 Å². The molecule has 9 heteroatoms. The Morgan fingerprint density at radius 1 is 1.24 bits per heavy atom. The normalized spacial score (nSPS) is 10.7. The highest BCUT2D eigenvalue weighted by Gasteiger charge is 2.12. The molecule has 2 aromatic rings. The van der Waals surface area contributed by atoms with Crippen molar-refractivity contribution in [2.24, 2.45) is 0 Å². The van der Waals surface area contributed by atoms with Gasteiger partial charge in [0.05, 0.1) is 23.8 Å². The van der Waals surface area contributed by atoms with Gasteiger partial charge in [0.25, 0.3) is 5.91 Å². The monoisotopic (exact) mass is 438 g/mol. The van der Waals surface area contributed by atoms with Gasteiger partial charge in [-0.15, -0.1) is 0 Å². The van der Waals surface area contributed by atoms with Crippen LogP contribution in [0.3, 0.4) is 0 Å². The van der Waals surface area contributed by atoms with Gasteiger partial charge < -0.3 is 19.5 Å². The Morgan fingerprint density at radius 3 is 2.69 bits per heavy atom. The first-order valence-corrected chi connectivity index (χ1v) is 9.37. The number of nitrogens with one attached hydrogen (secondary N) is 1. The fraction of sp³-hybridized carbons (Fsp3) is 0.250. The molecule has 1 heterocycles. The molecule has 1 aromatic carbocycles. The van der Waals surface area contributed by atoms with Gasteiger partial charge in [-0.05, 0) is 43.2 Å². The molecule has 7 nitrogen and oxygen atoms in total. The molecule has 2 rings (SSSR count). The van der Waals surface area contributed by atoms with Gasteiger partial charge in [0.1, 0.15) is 0 Å². The summed E-state index contributed by atoms with van der Waals surface area (Å²) < 4.78 is 15.6. The molecule has 0 aliphatic carbocycles. The first kappa shape index (κ1) is 22.5. The fourth-order valence-electron chi connectivity index (χ4n) is 2.22. The van der Waals surface area contributed by atoms with E-state index in [9.17, 15) is 9.59 Å². The van der Waals surface area contributed by atoms with Crippen molar-refractivity contribution in [2.75, 3.05) is 25.6 Å². The number of halogens is 2. The van der Waals surface area contributed by atoms with Gasteiger partial charge in [0.15, 0.2) is 23.9 Å². The number of anilines is 1. The Labute approximate surface area is 178 Å². The Bertz CT molecular complexity index is 931. The highest BCUT2D eigenvalue weighted by Crippen LogP contribution is 2.29. The number of hydrogen-bond donors (Lipinski definition) is 1. The van der Waals surface area contributed by atoms with Crippen molar-refractivity contribution < 1.29 is 23.8 Å². The molecule has 0 bridgehead atoms. The van der Waals surface area contributed by atoms with Crippen LogP contribution in [0.2, 0.25) is 10.0 Å². The van der Waals surface area contributed by atoms with Gasteiger partial charge in [-0.3, -0.25) is 4.79 Å². The summed E-state index contributed by atoms with van der Waals surface area (Å²) in [5.74, 6) is 0.0390. The van der Waals surface area contributed by atoms with Crippen molar-refractivity contribution in [3.63, 3.8) is 0 Å². The summed E-state index contributed by atoms with van der Waals surface area (Å²) >= 11 is 12.0. The molecule has 0 aliphatic heterocycles. The molecule has 1 N–H and O–H groups in total. The van der Waals surface area contributed by atoms with Crippen molar-refractivity contribution in [1.29, 1.82) is 0 Å². The van der Waals surface area contributed by atoms with Crippen LogP contribution in [0, 0.1) is 6.92 Å². The number of benzene rings is 1. The van der Waals surface area contributed by atoms with Crippen molar-refractivity contribution in [3.05, 3.63) is 51.6 Å². The highest BCUT2D eigenvalue weighted by molar-refractivity contribution is 6.37. The fourth-order valence-corrected chi connectivity index (χ4v) is 2.61. The van der Waals surface area contributed by atoms with E-state index in [1.807, 2.05) is 6.92 Å². The van der Waals surface area contributed by atoms with E-state index in [0.29, 0.717) is 34.3 Å². The standard InChI is InChI=1S/C20H20Cl2N2O5/c1-4-28-15-7-5-13(9-16(15)27-3)6-8-18(26)29-11-17(25)24-20-19(22)12(2)14(21)10-23-20/h5-10H,4,11H2,1-3H3,(H,23,24,25)/b8-6+. The zero-order chi connectivity index (χ0) is 21.4. The second kappa shape index (κ2) is 10.7. The third-order valence-corrected chi connectivity index (χ3v) is 4.55. The summed E-state index contributed by atoms with van der Waals surface area (Å²) in [5.41, 5.74) is 1.30. The number of rotatable bonds is 8. The number of nitrogens with zero attached hydrogens (tertiary/aromatic N) is 1. The lowest BCUT2D eigenvalue weighted by Crippen LogP contribution is -2.21. The van der Waals surface area contributed by atoms with Crippen LogP contribution in [-0.4, -0.2) is 37.2 Å². The molecule has 0 unspecified atom stereocenters. The quantitative estimate of drug-likeness (QED) is 0.488. The van der Waals surface area contributed by atoms with Gasteiger partial charge in [-0.1, -0.05) is 29.3 Å². The summed E-state index contributed by atoms with van der Waals surface area (Å²) in [4.78, 5) is 27.8. The number of esters is 1. The van der Waals surface area contributed by atoms with Gasteiger partial charge in [0, 0.05) is 12.3 Å². The molecular formula is C20H20Cl2N2O5. The molecule has 154 valence electrons. The topological polar surface area (TPSA) is 86.8 Å². The lowest BCUT2D eigenvalue weighted by Gasteiger charge is -2.09. The molecule has 1 aromatic heterocycles. The second-order valence-electron chi connectivity index (χ2n) is 5.73. The minimum atomic E-state index is -0.681. The summed E-state index contributed by atoms with van der Waals surface area (Å²) in [7, 11) is 1.53. The number of aromatic nitrogens is 1. The van der Waals surface area contributed by atoms with E-state index in [1.54, 1.807) is 31.2 Å². The molecule has 0 aliphatic rings. The summed E-state index contributed by atoms with van der Waals surface area (Å²) in [6.45, 7) is 3.59. The van der Waals surface area contributed by atoms with Crippen LogP contribution in [-0.2, 0) is 14.3 Å². The maximum Gasteiger partial charge on any atom is 0.331 e. The Balaban J connectivity index is 1.91. The predicted molar refractivity (Wildman–Crippen MR) is 112 cm³/mol. The molecular weight excluding hydrogens is 419 g/mol. The van der Waals surface area contributed by atoms with Gasteiger partial charge in [0.2, 0.25) is 0 Å². The third-order valence-electron chi connectivity index (χ3n) is 3.71. The average molecular weight is 439 g/mol. The molecule has 0 fully saturated rings. The zero-order valence-electron chi connectivity index (χ0n) is 16.1. The van der Waals surface area contributed by atoms with Crippen LogP contribution in [0.4, 0.5) is 5.82 Å². The Hall–Kier alpha value is -2.77. The first-order valence-electron chi connectivity index (χ1n) is 8.61. The predicted octanol–water partition coefficient (Wildman–Crippen LogP) is 4.30. The van der Waals surface area contributed by atoms with Crippen LogP contribution in [0.1, 0.15) is 18.1 Å². The second-order valence-corrected chi connectivity index (χ2v) is 6.51. The van der Waals surface area contributed by atoms with Crippen LogP contribution >= 0.6 is 23.2 Å². The zero-order valence-corrected chi connectivity index (χ0v) is 17.6. The lowest BCUT2D eigenvalue weighted by atomic mass is 10.2. The van der Waals surface area contributed by atoms with E-state index in [2.05, 4.69) is 10.3 Å². The Morgan fingerprint density at radius 2 is 2.00 bits per heavy atom. The van der Waals surface area contributed by atoms with Gasteiger partial charge >= 0.3 is 5.97 Å². The summed E-state index contributed by atoms with van der Waals surface area (Å²) in [6.07, 6.45) is 4.12. The smallest absolute Gasteiger partial charge is 0.331 e. The van der Waals surface area contributed by atoms with E-state index in [4.69, 9.17) is 37.4 Å². The molecule has 0 radical (unpaired) electrons. The number of pyridine rings is 1. The third kappa shape index (κ3) is 6.37. The minimum Gasteiger partial charge on any atom is -0.493 e. The van der Waals surface area contributed by atoms with E-state index < -0.39 is 18.5 Å². The Kier molecular flexibility index (Phi) is 8.30. The minimum absolute atomic E-state index is 0.145. The summed E-state index contributed by atoms with van der Waals surface area (Å²) in [6, 6.07) is 5.23. The van der Waals surface area contributed by atoms with Crippen LogP contribution in [0.15, 0.2) is 30.5 Å². The average Bonchev–Trinajstić information content (AvgIpc) is 2.72. The molecule has 0 spiro atoms. The van der Waals surface area contributed by atoms with E-state index in [0.717, 1.165) is 0 Å². The van der Waals surface area contributed by atoms with Crippen molar-refractivity contribution in [3.8, 4) is 11.5 Å². The van der Waals surface area contributed by atoms with Gasteiger partial charge in [-0.2, -0.15) is 0 Å². The van der Waals surface area contributed by atoms with Crippen molar-refractivity contribution >= 4 is 47.0 Å². The molecule has 0 saturated carbocycles. The number of carbonyl (C=O) groups excluding carboxylic acids is 2. The maximum absolute atomic E-state index is 11.9. The van der Waals surface area contributed by atoms with E-state index >= 15 is 0 Å².